The number of hydrogen-bond acceptors (Lipinski definition) is 8. The van der Waals surface area contributed by atoms with Crippen LogP contribution >= 0.6 is 0 Å². The molecule has 0 aliphatic rings. The van der Waals surface area contributed by atoms with Gasteiger partial charge in [0.05, 0.1) is 0 Å². The maximum absolute atomic E-state index is 10.6. The number of fused-ring (bicyclic) bond motifs is 3. The third kappa shape index (κ3) is 8.44. The molecule has 0 fully saturated rings. The van der Waals surface area contributed by atoms with E-state index in [9.17, 15) is 10.4 Å². The Morgan fingerprint density at radius 3 is 1.31 bits per heavy atom. The van der Waals surface area contributed by atoms with Crippen LogP contribution in [0, 0.1) is 0 Å². The van der Waals surface area contributed by atoms with E-state index < -0.39 is 0 Å². The van der Waals surface area contributed by atoms with Gasteiger partial charge in [-0.2, -0.15) is 15.4 Å². The Kier molecular flexibility index (Phi) is 11.9. The first-order valence-electron chi connectivity index (χ1n) is 20.6. The van der Waals surface area contributed by atoms with Gasteiger partial charge in [-0.3, -0.25) is 0 Å². The molecular weight excluding hydrogens is 723 g/mol. The molecule has 0 saturated carbocycles. The summed E-state index contributed by atoms with van der Waals surface area (Å²) in [6.07, 6.45) is 9.48. The Morgan fingerprint density at radius 1 is 0.517 bits per heavy atom. The first kappa shape index (κ1) is 40.1. The number of unbranched alkanes of at least 4 members (excludes halogenated alkanes) is 4. The summed E-state index contributed by atoms with van der Waals surface area (Å²) in [5, 5.41) is 49.4. The summed E-state index contributed by atoms with van der Waals surface area (Å²) < 4.78 is 0. The lowest BCUT2D eigenvalue weighted by molar-refractivity contribution is 0.113. The van der Waals surface area contributed by atoms with Crippen molar-refractivity contribution >= 4 is 33.1 Å². The summed E-state index contributed by atoms with van der Waals surface area (Å²) in [6.45, 7) is 13.9. The van der Waals surface area contributed by atoms with E-state index in [1.807, 2.05) is 36.4 Å². The third-order valence-electron chi connectivity index (χ3n) is 11.4. The van der Waals surface area contributed by atoms with Crippen LogP contribution in [0.3, 0.4) is 0 Å². The molecule has 3 aromatic heterocycles. The molecule has 0 aliphatic heterocycles. The molecule has 3 heterocycles. The van der Waals surface area contributed by atoms with Crippen molar-refractivity contribution in [2.24, 2.45) is 0 Å². The molecule has 0 saturated heterocycles. The van der Waals surface area contributed by atoms with Gasteiger partial charge in [-0.25, -0.2) is 0 Å². The lowest BCUT2D eigenvalue weighted by Crippen LogP contribution is -2.23. The van der Waals surface area contributed by atoms with Crippen LogP contribution < -0.4 is 0 Å². The molecule has 0 spiro atoms. The minimum absolute atomic E-state index is 0.208. The summed E-state index contributed by atoms with van der Waals surface area (Å²) in [4.78, 5) is 1.41. The Hall–Kier alpha value is -6.10. The van der Waals surface area contributed by atoms with E-state index in [-0.39, 0.29) is 10.8 Å². The number of nitrogens with one attached hydrogen (secondary N) is 1. The second-order valence-electron chi connectivity index (χ2n) is 16.6. The lowest BCUT2D eigenvalue weighted by atomic mass is 9.70. The smallest absolute Gasteiger partial charge is 0.125 e. The predicted octanol–water partition coefficient (Wildman–Crippen LogP) is 11.2. The average Bonchev–Trinajstić information content (AvgIpc) is 3.95. The highest BCUT2D eigenvalue weighted by molar-refractivity contribution is 5.97. The molecule has 0 radical (unpaired) electrons. The molecule has 300 valence electrons. The maximum atomic E-state index is 10.6. The van der Waals surface area contributed by atoms with E-state index in [1.54, 1.807) is 0 Å². The topological polar surface area (TPSA) is 143 Å². The predicted molar refractivity (Wildman–Crippen MR) is 231 cm³/mol. The number of rotatable bonds is 14. The highest BCUT2D eigenvalue weighted by Crippen LogP contribution is 2.47. The second-order valence-corrected chi connectivity index (χ2v) is 16.6. The van der Waals surface area contributed by atoms with Crippen LogP contribution in [0.1, 0.15) is 115 Å². The van der Waals surface area contributed by atoms with E-state index >= 15 is 0 Å². The Labute approximate surface area is 340 Å². The van der Waals surface area contributed by atoms with Gasteiger partial charge in [0, 0.05) is 11.1 Å². The van der Waals surface area contributed by atoms with Crippen LogP contribution in [0.4, 0.5) is 0 Å². The van der Waals surface area contributed by atoms with Crippen molar-refractivity contribution in [2.45, 2.75) is 110 Å². The second kappa shape index (κ2) is 17.2. The van der Waals surface area contributed by atoms with Crippen molar-refractivity contribution in [3.63, 3.8) is 0 Å². The maximum Gasteiger partial charge on any atom is 0.125 e. The molecule has 11 heteroatoms. The monoisotopic (exact) mass is 777 g/mol. The van der Waals surface area contributed by atoms with E-state index in [0.717, 1.165) is 82.9 Å². The van der Waals surface area contributed by atoms with E-state index in [1.165, 1.54) is 24.0 Å². The van der Waals surface area contributed by atoms with Gasteiger partial charge in [0.25, 0.3) is 0 Å². The van der Waals surface area contributed by atoms with Gasteiger partial charge in [-0.05, 0) is 97.7 Å². The average molecular weight is 778 g/mol. The van der Waals surface area contributed by atoms with Crippen LogP contribution in [-0.4, -0.2) is 56.1 Å². The van der Waals surface area contributed by atoms with Crippen molar-refractivity contribution in [3.05, 3.63) is 119 Å². The molecule has 0 amide bonds. The minimum Gasteiger partial charge on any atom is -0.396 e. The van der Waals surface area contributed by atoms with Gasteiger partial charge < -0.3 is 10.4 Å². The van der Waals surface area contributed by atoms with Crippen LogP contribution in [0.15, 0.2) is 97.1 Å². The molecule has 3 N–H and O–H groups in total. The fourth-order valence-electron chi connectivity index (χ4n) is 8.67. The van der Waals surface area contributed by atoms with Gasteiger partial charge >= 0.3 is 0 Å². The zero-order valence-corrected chi connectivity index (χ0v) is 34.6. The summed E-state index contributed by atoms with van der Waals surface area (Å²) in [5.41, 5.74) is 13.0. The molecule has 58 heavy (non-hydrogen) atoms. The highest BCUT2D eigenvalue weighted by Gasteiger charge is 2.34. The van der Waals surface area contributed by atoms with Crippen molar-refractivity contribution in [1.29, 1.82) is 0 Å². The number of nitrogens with zero attached hydrogens (tertiary/aromatic N) is 8. The van der Waals surface area contributed by atoms with Gasteiger partial charge in [0.1, 0.15) is 33.1 Å². The highest BCUT2D eigenvalue weighted by atomic mass is 16.5. The number of H-pyrrole nitrogens is 1. The standard InChI is InChI=1S/C41H50N6O2.C6H5N3/c1-7-9-17-23-40(3,4)36-30(26-32-38(44-46(48)42-32)34(36)28-19-13-11-14-20-28)25-31-27-33-39(45-47(49)43-33)35(29-21-15-12-16-22-29)37(31)41(5,6)24-18-10-8-2;1-2-4-6-5(3-1)7-9-8-6/h11-16,19-22,26-27,48-49H,7-10,17-18,23-25H2,1-6H3;1-4H,(H,7,8,9). The normalized spacial score (nSPS) is 12.0. The molecular formula is C47H55N9O2. The van der Waals surface area contributed by atoms with Crippen molar-refractivity contribution in [2.75, 3.05) is 0 Å². The summed E-state index contributed by atoms with van der Waals surface area (Å²) in [7, 11) is 0. The van der Waals surface area contributed by atoms with Crippen LogP contribution in [0.2, 0.25) is 0 Å². The zero-order valence-electron chi connectivity index (χ0n) is 34.6. The number of para-hydroxylation sites is 2. The third-order valence-corrected chi connectivity index (χ3v) is 11.4. The van der Waals surface area contributed by atoms with Crippen LogP contribution in [0.25, 0.3) is 55.4 Å². The number of aromatic amines is 1. The van der Waals surface area contributed by atoms with E-state index in [0.29, 0.717) is 38.4 Å². The van der Waals surface area contributed by atoms with Crippen LogP contribution in [-0.2, 0) is 17.3 Å². The number of aromatic nitrogens is 9. The van der Waals surface area contributed by atoms with E-state index in [4.69, 9.17) is 0 Å². The number of benzene rings is 5. The quantitative estimate of drug-likeness (QED) is 0.0731. The van der Waals surface area contributed by atoms with Crippen molar-refractivity contribution < 1.29 is 10.4 Å². The van der Waals surface area contributed by atoms with E-state index in [2.05, 4.69) is 138 Å². The minimum atomic E-state index is -0.208. The summed E-state index contributed by atoms with van der Waals surface area (Å²) in [6, 6.07) is 32.7. The molecule has 11 nitrogen and oxygen atoms in total. The van der Waals surface area contributed by atoms with Crippen molar-refractivity contribution in [1.82, 2.24) is 45.7 Å². The molecule has 0 bridgehead atoms. The summed E-state index contributed by atoms with van der Waals surface area (Å²) in [5.74, 6) is 0. The van der Waals surface area contributed by atoms with Crippen LogP contribution in [0.5, 0.6) is 0 Å². The number of hydrogen-bond donors (Lipinski definition) is 3. The fraction of sp³-hybridized carbons (Fsp3) is 0.362. The fourth-order valence-corrected chi connectivity index (χ4v) is 8.67. The van der Waals surface area contributed by atoms with Gasteiger partial charge in [0.15, 0.2) is 0 Å². The van der Waals surface area contributed by atoms with Crippen molar-refractivity contribution in [3.8, 4) is 22.3 Å². The molecule has 0 atom stereocenters. The SMILES string of the molecule is CCCCCC(C)(C)c1c(Cc2cc3nn(O)nc3c(-c3ccccc3)c2C(C)(C)CCCCC)cc2nn(O)nc2c1-c1ccccc1.c1ccc2n[nH]nc2c1. The molecule has 0 aliphatic carbocycles. The Balaban J connectivity index is 0.000000496. The zero-order chi connectivity index (χ0) is 40.9. The first-order valence-corrected chi connectivity index (χ1v) is 20.6. The summed E-state index contributed by atoms with van der Waals surface area (Å²) >= 11 is 0. The lowest BCUT2D eigenvalue weighted by Gasteiger charge is -2.33. The van der Waals surface area contributed by atoms with Gasteiger partial charge in [-0.1, -0.05) is 153 Å². The molecule has 8 rings (SSSR count). The molecule has 0 unspecified atom stereocenters. The van der Waals surface area contributed by atoms with Gasteiger partial charge in [-0.15, -0.1) is 20.4 Å². The molecule has 8 aromatic rings. The molecule has 5 aromatic carbocycles. The largest absolute Gasteiger partial charge is 0.396 e. The Morgan fingerprint density at radius 2 is 0.914 bits per heavy atom. The van der Waals surface area contributed by atoms with Gasteiger partial charge in [0.2, 0.25) is 0 Å². The Bertz CT molecular complexity index is 2430. The first-order chi connectivity index (χ1) is 28.0.